The summed E-state index contributed by atoms with van der Waals surface area (Å²) < 4.78 is 0. The van der Waals surface area contributed by atoms with Crippen LogP contribution in [-0.4, -0.2) is 33.1 Å². The van der Waals surface area contributed by atoms with Crippen LogP contribution in [0, 0.1) is 0 Å². The number of rotatable bonds is 16. The average molecular weight is 281 g/mol. The zero-order valence-electron chi connectivity index (χ0n) is 10.9. The van der Waals surface area contributed by atoms with Crippen LogP contribution in [0.3, 0.4) is 0 Å². The van der Waals surface area contributed by atoms with Gasteiger partial charge in [0.05, 0.1) is 13.3 Å². The zero-order chi connectivity index (χ0) is 14.0. The highest BCUT2D eigenvalue weighted by molar-refractivity contribution is 4.47. The Morgan fingerprint density at radius 3 is 2.16 bits per heavy atom. The Labute approximate surface area is 112 Å². The Kier molecular flexibility index (Phi) is 17.0. The van der Waals surface area contributed by atoms with E-state index in [1.165, 1.54) is 0 Å². The molecule has 0 rings (SSSR count). The van der Waals surface area contributed by atoms with Crippen molar-refractivity contribution in [1.82, 2.24) is 60.0 Å². The summed E-state index contributed by atoms with van der Waals surface area (Å²) in [4.78, 5) is 0. The van der Waals surface area contributed by atoms with Crippen LogP contribution in [0.25, 0.3) is 0 Å². The first-order valence-electron chi connectivity index (χ1n) is 5.91. The highest BCUT2D eigenvalue weighted by Gasteiger charge is 1.88. The molecule has 0 radical (unpaired) electrons. The number of hydrogen-bond donors (Lipinski definition) is 13. The molecule has 0 aromatic heterocycles. The third-order valence-electron chi connectivity index (χ3n) is 1.80. The van der Waals surface area contributed by atoms with E-state index in [-0.39, 0.29) is 0 Å². The van der Waals surface area contributed by atoms with Crippen LogP contribution in [-0.2, 0) is 0 Å². The molecule has 116 valence electrons. The largest absolute Gasteiger partial charge is 0.304 e. The average Bonchev–Trinajstić information content (AvgIpc) is 2.43. The number of hydrogen-bond acceptors (Lipinski definition) is 13. The monoisotopic (exact) mass is 281 g/mol. The first kappa shape index (κ1) is 18.5. The molecule has 0 amide bonds. The van der Waals surface area contributed by atoms with Crippen molar-refractivity contribution in [3.05, 3.63) is 0 Å². The topological polar surface area (TPSA) is 184 Å². The van der Waals surface area contributed by atoms with Gasteiger partial charge >= 0.3 is 0 Å². The minimum Gasteiger partial charge on any atom is -0.304 e. The Morgan fingerprint density at radius 2 is 1.37 bits per heavy atom. The van der Waals surface area contributed by atoms with Crippen molar-refractivity contribution in [3.63, 3.8) is 0 Å². The molecule has 0 spiro atoms. The molecule has 19 heavy (non-hydrogen) atoms. The van der Waals surface area contributed by atoms with E-state index in [1.807, 2.05) is 0 Å². The normalized spacial score (nSPS) is 11.1. The summed E-state index contributed by atoms with van der Waals surface area (Å²) in [7, 11) is 0. The maximum absolute atomic E-state index is 5.02. The van der Waals surface area contributed by atoms with E-state index >= 15 is 0 Å². The minimum absolute atomic E-state index is 0.470. The number of nitrogens with one attached hydrogen (secondary N) is 11. The summed E-state index contributed by atoms with van der Waals surface area (Å²) in [5.74, 6) is 9.98. The van der Waals surface area contributed by atoms with Crippen molar-refractivity contribution < 1.29 is 0 Å². The molecule has 0 saturated carbocycles. The van der Waals surface area contributed by atoms with E-state index in [2.05, 4.69) is 60.0 Å². The van der Waals surface area contributed by atoms with Crippen LogP contribution in [0.5, 0.6) is 0 Å². The first-order chi connectivity index (χ1) is 9.41. The van der Waals surface area contributed by atoms with E-state index in [0.717, 1.165) is 26.2 Å². The maximum Gasteiger partial charge on any atom is 0.0748 e. The number of hydrazine groups is 8. The van der Waals surface area contributed by atoms with E-state index in [4.69, 9.17) is 11.7 Å². The Bertz CT molecular complexity index is 140. The lowest BCUT2D eigenvalue weighted by Gasteiger charge is -2.11. The molecule has 0 unspecified atom stereocenters. The lowest BCUT2D eigenvalue weighted by molar-refractivity contribution is 0.329. The highest BCUT2D eigenvalue weighted by Crippen LogP contribution is 1.69. The van der Waals surface area contributed by atoms with Gasteiger partial charge < -0.3 is 5.32 Å². The first-order valence-corrected chi connectivity index (χ1v) is 5.91. The summed E-state index contributed by atoms with van der Waals surface area (Å²) in [5, 5.41) is 6.28. The van der Waals surface area contributed by atoms with Crippen LogP contribution >= 0.6 is 0 Å². The lowest BCUT2D eigenvalue weighted by atomic mass is 10.4. The zero-order valence-corrected chi connectivity index (χ0v) is 10.9. The molecule has 0 saturated heterocycles. The van der Waals surface area contributed by atoms with Crippen LogP contribution in [0.2, 0.25) is 0 Å². The summed E-state index contributed by atoms with van der Waals surface area (Å²) in [5.41, 5.74) is 23.7. The van der Waals surface area contributed by atoms with Gasteiger partial charge in [0.1, 0.15) is 0 Å². The molecular weight excluding hydrogens is 254 g/mol. The van der Waals surface area contributed by atoms with Gasteiger partial charge in [-0.05, 0) is 13.0 Å². The van der Waals surface area contributed by atoms with E-state index < -0.39 is 0 Å². The second-order valence-corrected chi connectivity index (χ2v) is 3.25. The van der Waals surface area contributed by atoms with Gasteiger partial charge in [0, 0.05) is 13.2 Å². The Balaban J connectivity index is 2.88. The Morgan fingerprint density at radius 1 is 0.579 bits per heavy atom. The smallest absolute Gasteiger partial charge is 0.0748 e. The minimum atomic E-state index is 0.470. The van der Waals surface area contributed by atoms with Crippen molar-refractivity contribution in [2.24, 2.45) is 11.7 Å². The van der Waals surface area contributed by atoms with Crippen molar-refractivity contribution in [2.45, 2.75) is 6.42 Å². The molecule has 0 fully saturated rings. The van der Waals surface area contributed by atoms with Gasteiger partial charge in [-0.25, -0.2) is 21.7 Å². The fourth-order valence-electron chi connectivity index (χ4n) is 0.989. The summed E-state index contributed by atoms with van der Waals surface area (Å²) in [6.07, 6.45) is 0.982. The van der Waals surface area contributed by atoms with Gasteiger partial charge in [0.2, 0.25) is 0 Å². The molecule has 0 aromatic carbocycles. The third-order valence-corrected chi connectivity index (χ3v) is 1.80. The number of nitrogens with two attached hydrogens (primary N) is 2. The molecule has 0 heterocycles. The SMILES string of the molecule is NNNCNCNCCCNNNNCNNNN. The molecule has 13 nitrogen and oxygen atoms in total. The molecule has 0 atom stereocenters. The van der Waals surface area contributed by atoms with Crippen molar-refractivity contribution in [3.8, 4) is 0 Å². The van der Waals surface area contributed by atoms with Crippen molar-refractivity contribution in [1.29, 1.82) is 0 Å². The van der Waals surface area contributed by atoms with Gasteiger partial charge in [0.25, 0.3) is 0 Å². The molecule has 0 bridgehead atoms. The fourth-order valence-corrected chi connectivity index (χ4v) is 0.989. The van der Waals surface area contributed by atoms with Crippen molar-refractivity contribution in [2.75, 3.05) is 33.1 Å². The van der Waals surface area contributed by atoms with Gasteiger partial charge in [0.15, 0.2) is 0 Å². The summed E-state index contributed by atoms with van der Waals surface area (Å²) >= 11 is 0. The van der Waals surface area contributed by atoms with Crippen LogP contribution in [0.1, 0.15) is 6.42 Å². The quantitative estimate of drug-likeness (QED) is 0.0555. The van der Waals surface area contributed by atoms with Crippen LogP contribution in [0.4, 0.5) is 0 Å². The molecule has 13 heteroatoms. The van der Waals surface area contributed by atoms with E-state index in [0.29, 0.717) is 13.3 Å². The molecule has 0 aliphatic carbocycles. The summed E-state index contributed by atoms with van der Waals surface area (Å²) in [6, 6.07) is 0. The lowest BCUT2D eigenvalue weighted by Crippen LogP contribution is -2.57. The second kappa shape index (κ2) is 17.5. The van der Waals surface area contributed by atoms with Gasteiger partial charge in [-0.3, -0.25) is 17.0 Å². The van der Waals surface area contributed by atoms with Crippen LogP contribution < -0.4 is 71.7 Å². The predicted octanol–water partition coefficient (Wildman–Crippen LogP) is -6.03. The standard InChI is InChI=1S/C6H27N13/c7-15-12-5-10-4-9-2-1-3-11-18-19-14-6-13-17-16-8/h9-19H,1-8H2. The van der Waals surface area contributed by atoms with Gasteiger partial charge in [-0.1, -0.05) is 0 Å². The summed E-state index contributed by atoms with van der Waals surface area (Å²) in [6.45, 7) is 3.51. The Hall–Kier alpha value is -0.520. The van der Waals surface area contributed by atoms with E-state index in [1.54, 1.807) is 0 Å². The molecule has 15 N–H and O–H groups in total. The van der Waals surface area contributed by atoms with Gasteiger partial charge in [-0.2, -0.15) is 27.7 Å². The fraction of sp³-hybridized carbons (Fsp3) is 1.00. The second-order valence-electron chi connectivity index (χ2n) is 3.25. The maximum atomic E-state index is 5.02. The highest BCUT2D eigenvalue weighted by atomic mass is 15.8. The molecule has 0 aliphatic rings. The molecule has 0 aromatic rings. The van der Waals surface area contributed by atoms with Crippen LogP contribution in [0.15, 0.2) is 0 Å². The predicted molar refractivity (Wildman–Crippen MR) is 71.8 cm³/mol. The van der Waals surface area contributed by atoms with Crippen molar-refractivity contribution >= 4 is 0 Å². The molecule has 0 aliphatic heterocycles. The third kappa shape index (κ3) is 17.5. The van der Waals surface area contributed by atoms with E-state index in [9.17, 15) is 0 Å². The van der Waals surface area contributed by atoms with Gasteiger partial charge in [-0.15, -0.1) is 0 Å². The molecular formula is C6H27N13.